The van der Waals surface area contributed by atoms with Crippen molar-refractivity contribution < 1.29 is 13.9 Å². The standard InChI is InChI=1S/C26H29FN4O3/c1-30-25(32)15-23(21-11-12-28-16-22(21)27)29-26(30)31-13-14-33-24(17-31)18-7-9-20(10-8-18)34-19-5-3-2-4-6-19/h7-12,15-16,19,24H,2-6,13-14,17H2,1H3/t24-/m1/s1. The van der Waals surface area contributed by atoms with Gasteiger partial charge < -0.3 is 14.4 Å². The Balaban J connectivity index is 1.34. The van der Waals surface area contributed by atoms with E-state index < -0.39 is 5.82 Å². The van der Waals surface area contributed by atoms with Crippen molar-refractivity contribution >= 4 is 5.95 Å². The van der Waals surface area contributed by atoms with Crippen LogP contribution in [0.15, 0.2) is 53.6 Å². The van der Waals surface area contributed by atoms with Gasteiger partial charge in [-0.25, -0.2) is 9.37 Å². The summed E-state index contributed by atoms with van der Waals surface area (Å²) in [5.74, 6) is 0.869. The van der Waals surface area contributed by atoms with E-state index in [4.69, 9.17) is 9.47 Å². The molecule has 1 aromatic carbocycles. The van der Waals surface area contributed by atoms with E-state index in [2.05, 4.69) is 9.97 Å². The number of anilines is 1. The molecule has 0 radical (unpaired) electrons. The third-order valence-corrected chi connectivity index (χ3v) is 6.62. The van der Waals surface area contributed by atoms with Crippen LogP contribution in [0.2, 0.25) is 0 Å². The van der Waals surface area contributed by atoms with Crippen molar-refractivity contribution in [3.8, 4) is 17.0 Å². The molecule has 1 saturated carbocycles. The number of ether oxygens (including phenoxy) is 2. The number of hydrogen-bond donors (Lipinski definition) is 0. The summed E-state index contributed by atoms with van der Waals surface area (Å²) >= 11 is 0. The van der Waals surface area contributed by atoms with Crippen LogP contribution in [-0.2, 0) is 11.8 Å². The molecule has 3 heterocycles. The molecule has 0 amide bonds. The van der Waals surface area contributed by atoms with E-state index in [0.29, 0.717) is 37.4 Å². The molecule has 8 heteroatoms. The van der Waals surface area contributed by atoms with Gasteiger partial charge in [-0.05, 0) is 49.4 Å². The van der Waals surface area contributed by atoms with E-state index in [1.165, 1.54) is 42.2 Å². The molecule has 2 aromatic heterocycles. The van der Waals surface area contributed by atoms with E-state index >= 15 is 0 Å². The van der Waals surface area contributed by atoms with Gasteiger partial charge in [0.05, 0.1) is 31.1 Å². The van der Waals surface area contributed by atoms with Gasteiger partial charge in [0.15, 0.2) is 5.82 Å². The van der Waals surface area contributed by atoms with Gasteiger partial charge in [-0.1, -0.05) is 18.6 Å². The van der Waals surface area contributed by atoms with Crippen LogP contribution in [-0.4, -0.2) is 40.3 Å². The molecule has 0 spiro atoms. The average molecular weight is 465 g/mol. The minimum absolute atomic E-state index is 0.171. The maximum absolute atomic E-state index is 14.3. The zero-order chi connectivity index (χ0) is 23.5. The summed E-state index contributed by atoms with van der Waals surface area (Å²) in [6.45, 7) is 1.61. The predicted octanol–water partition coefficient (Wildman–Crippen LogP) is 4.27. The lowest BCUT2D eigenvalue weighted by Gasteiger charge is -2.34. The third kappa shape index (κ3) is 4.82. The number of rotatable bonds is 5. The minimum Gasteiger partial charge on any atom is -0.490 e. The second kappa shape index (κ2) is 9.93. The number of nitrogens with zero attached hydrogens (tertiary/aromatic N) is 4. The molecule has 1 saturated heterocycles. The van der Waals surface area contributed by atoms with Crippen LogP contribution in [0.5, 0.6) is 5.75 Å². The molecule has 5 rings (SSSR count). The van der Waals surface area contributed by atoms with Crippen molar-refractivity contribution in [3.05, 3.63) is 70.5 Å². The van der Waals surface area contributed by atoms with E-state index in [9.17, 15) is 9.18 Å². The molecule has 1 atom stereocenters. The fourth-order valence-electron chi connectivity index (χ4n) is 4.70. The van der Waals surface area contributed by atoms with Crippen molar-refractivity contribution in [2.24, 2.45) is 7.05 Å². The molecule has 0 N–H and O–H groups in total. The van der Waals surface area contributed by atoms with Gasteiger partial charge in [0.2, 0.25) is 5.95 Å². The normalized spacial score (nSPS) is 19.2. The topological polar surface area (TPSA) is 69.5 Å². The van der Waals surface area contributed by atoms with Gasteiger partial charge in [-0.15, -0.1) is 0 Å². The highest BCUT2D eigenvalue weighted by atomic mass is 19.1. The highest BCUT2D eigenvalue weighted by Crippen LogP contribution is 2.29. The van der Waals surface area contributed by atoms with Crippen molar-refractivity contribution in [1.29, 1.82) is 0 Å². The van der Waals surface area contributed by atoms with Gasteiger partial charge >= 0.3 is 0 Å². The van der Waals surface area contributed by atoms with Crippen molar-refractivity contribution in [3.63, 3.8) is 0 Å². The van der Waals surface area contributed by atoms with Crippen molar-refractivity contribution in [2.45, 2.75) is 44.3 Å². The molecule has 2 fully saturated rings. The Kier molecular flexibility index (Phi) is 6.58. The van der Waals surface area contributed by atoms with Crippen LogP contribution in [0, 0.1) is 5.82 Å². The van der Waals surface area contributed by atoms with E-state index in [1.54, 1.807) is 7.05 Å². The molecule has 1 aliphatic heterocycles. The number of morpholine rings is 1. The maximum atomic E-state index is 14.3. The van der Waals surface area contributed by atoms with Gasteiger partial charge in [0.25, 0.3) is 5.56 Å². The van der Waals surface area contributed by atoms with Crippen molar-refractivity contribution in [1.82, 2.24) is 14.5 Å². The molecule has 0 unspecified atom stereocenters. The van der Waals surface area contributed by atoms with Crippen LogP contribution < -0.4 is 15.2 Å². The summed E-state index contributed by atoms with van der Waals surface area (Å²) in [6, 6.07) is 11.0. The third-order valence-electron chi connectivity index (χ3n) is 6.62. The van der Waals surface area contributed by atoms with Crippen LogP contribution in [0.3, 0.4) is 0 Å². The summed E-state index contributed by atoms with van der Waals surface area (Å²) in [7, 11) is 1.68. The minimum atomic E-state index is -0.510. The lowest BCUT2D eigenvalue weighted by molar-refractivity contribution is 0.0389. The number of aromatic nitrogens is 3. The van der Waals surface area contributed by atoms with E-state index in [-0.39, 0.29) is 17.2 Å². The Morgan fingerprint density at radius 3 is 2.68 bits per heavy atom. The van der Waals surface area contributed by atoms with Gasteiger partial charge in [-0.3, -0.25) is 14.3 Å². The second-order valence-electron chi connectivity index (χ2n) is 8.95. The molecular weight excluding hydrogens is 435 g/mol. The number of pyridine rings is 1. The number of halogens is 1. The maximum Gasteiger partial charge on any atom is 0.255 e. The molecule has 34 heavy (non-hydrogen) atoms. The molecule has 1 aliphatic carbocycles. The zero-order valence-corrected chi connectivity index (χ0v) is 19.3. The van der Waals surface area contributed by atoms with Crippen LogP contribution in [0.25, 0.3) is 11.3 Å². The summed E-state index contributed by atoms with van der Waals surface area (Å²) in [6.07, 6.45) is 8.77. The van der Waals surface area contributed by atoms with Crippen LogP contribution in [0.1, 0.15) is 43.8 Å². The first-order valence-electron chi connectivity index (χ1n) is 11.9. The van der Waals surface area contributed by atoms with Crippen LogP contribution >= 0.6 is 0 Å². The number of hydrogen-bond acceptors (Lipinski definition) is 6. The lowest BCUT2D eigenvalue weighted by atomic mass is 9.98. The highest BCUT2D eigenvalue weighted by molar-refractivity contribution is 5.60. The van der Waals surface area contributed by atoms with Gasteiger partial charge in [0.1, 0.15) is 11.9 Å². The summed E-state index contributed by atoms with van der Waals surface area (Å²) in [5.41, 5.74) is 1.35. The fourth-order valence-corrected chi connectivity index (χ4v) is 4.70. The molecule has 2 aliphatic rings. The summed E-state index contributed by atoms with van der Waals surface area (Å²) in [5, 5.41) is 0. The summed E-state index contributed by atoms with van der Waals surface area (Å²) in [4.78, 5) is 23.1. The first-order valence-corrected chi connectivity index (χ1v) is 11.9. The Bertz CT molecular complexity index is 1190. The van der Waals surface area contributed by atoms with Crippen LogP contribution in [0.4, 0.5) is 10.3 Å². The lowest BCUT2D eigenvalue weighted by Crippen LogP contribution is -2.41. The average Bonchev–Trinajstić information content (AvgIpc) is 2.87. The largest absolute Gasteiger partial charge is 0.490 e. The molecule has 178 valence electrons. The molecular formula is C26H29FN4O3. The van der Waals surface area contributed by atoms with E-state index in [1.807, 2.05) is 29.2 Å². The Hall–Kier alpha value is -3.26. The smallest absolute Gasteiger partial charge is 0.255 e. The SMILES string of the molecule is Cn1c(N2CCO[C@@H](c3ccc(OC4CCCCC4)cc3)C2)nc(-c2ccncc2F)cc1=O. The van der Waals surface area contributed by atoms with Crippen molar-refractivity contribution in [2.75, 3.05) is 24.6 Å². The summed E-state index contributed by atoms with van der Waals surface area (Å²) < 4.78 is 28.0. The zero-order valence-electron chi connectivity index (χ0n) is 19.3. The van der Waals surface area contributed by atoms with Gasteiger partial charge in [-0.2, -0.15) is 0 Å². The molecule has 7 nitrogen and oxygen atoms in total. The Morgan fingerprint density at radius 1 is 1.12 bits per heavy atom. The molecule has 3 aromatic rings. The Labute approximate surface area is 198 Å². The monoisotopic (exact) mass is 464 g/mol. The first kappa shape index (κ1) is 22.5. The van der Waals surface area contributed by atoms with E-state index in [0.717, 1.165) is 30.4 Å². The highest BCUT2D eigenvalue weighted by Gasteiger charge is 2.26. The Morgan fingerprint density at radius 2 is 1.91 bits per heavy atom. The number of benzene rings is 1. The van der Waals surface area contributed by atoms with Gasteiger partial charge in [0, 0.05) is 31.4 Å². The quantitative estimate of drug-likeness (QED) is 0.562. The predicted molar refractivity (Wildman–Crippen MR) is 128 cm³/mol. The fraction of sp³-hybridized carbons (Fsp3) is 0.423. The molecule has 0 bridgehead atoms. The first-order chi connectivity index (χ1) is 16.6. The second-order valence-corrected chi connectivity index (χ2v) is 8.95.